The fourth-order valence-electron chi connectivity index (χ4n) is 1.69. The number of nitrogen functional groups attached to an aromatic ring is 1. The lowest BCUT2D eigenvalue weighted by Crippen LogP contribution is -2.53. The maximum atomic E-state index is 12.3. The second-order valence-electron chi connectivity index (χ2n) is 4.57. The number of carbonyl (C=O) groups excluding carboxylic acids is 1. The zero-order valence-corrected chi connectivity index (χ0v) is 12.6. The molecule has 5 nitrogen and oxygen atoms in total. The van der Waals surface area contributed by atoms with E-state index >= 15 is 0 Å². The van der Waals surface area contributed by atoms with Crippen molar-refractivity contribution < 1.29 is 15.0 Å². The molecule has 0 fully saturated rings. The second kappa shape index (κ2) is 6.36. The molecule has 0 aliphatic heterocycles. The molecule has 106 valence electrons. The molecule has 0 bridgehead atoms. The highest BCUT2D eigenvalue weighted by Crippen LogP contribution is 2.23. The van der Waals surface area contributed by atoms with Crippen molar-refractivity contribution in [3.05, 3.63) is 27.7 Å². The summed E-state index contributed by atoms with van der Waals surface area (Å²) in [5.74, 6) is -0.365. The van der Waals surface area contributed by atoms with E-state index in [1.54, 1.807) is 26.0 Å². The van der Waals surface area contributed by atoms with Gasteiger partial charge in [-0.05, 0) is 31.0 Å². The molecule has 0 saturated carbocycles. The average Bonchev–Trinajstić information content (AvgIpc) is 2.40. The summed E-state index contributed by atoms with van der Waals surface area (Å²) in [6, 6.07) is 3.38. The Hall–Kier alpha value is -1.11. The highest BCUT2D eigenvalue weighted by molar-refractivity contribution is 9.10. The molecule has 0 radical (unpaired) electrons. The predicted molar refractivity (Wildman–Crippen MR) is 78.0 cm³/mol. The molecule has 19 heavy (non-hydrogen) atoms. The van der Waals surface area contributed by atoms with Gasteiger partial charge >= 0.3 is 0 Å². The van der Waals surface area contributed by atoms with Gasteiger partial charge in [0.2, 0.25) is 0 Å². The van der Waals surface area contributed by atoms with E-state index in [1.807, 2.05) is 0 Å². The van der Waals surface area contributed by atoms with E-state index in [2.05, 4.69) is 21.2 Å². The lowest BCUT2D eigenvalue weighted by molar-refractivity contribution is 0.0652. The molecule has 0 aliphatic carbocycles. The summed E-state index contributed by atoms with van der Waals surface area (Å²) in [7, 11) is 0. The Morgan fingerprint density at radius 3 is 2.47 bits per heavy atom. The maximum absolute atomic E-state index is 12.3. The molecular formula is C13H19BrN2O3. The van der Waals surface area contributed by atoms with Gasteiger partial charge in [0.05, 0.1) is 18.8 Å². The third-order valence-electron chi connectivity index (χ3n) is 3.32. The van der Waals surface area contributed by atoms with E-state index in [1.165, 1.54) is 0 Å². The molecule has 0 spiro atoms. The van der Waals surface area contributed by atoms with Gasteiger partial charge in [-0.2, -0.15) is 0 Å². The third kappa shape index (κ3) is 3.46. The summed E-state index contributed by atoms with van der Waals surface area (Å²) >= 11 is 3.29. The van der Waals surface area contributed by atoms with Crippen LogP contribution in [-0.2, 0) is 0 Å². The van der Waals surface area contributed by atoms with Crippen LogP contribution in [0.3, 0.4) is 0 Å². The quantitative estimate of drug-likeness (QED) is 0.610. The molecular weight excluding hydrogens is 312 g/mol. The number of aliphatic hydroxyl groups excluding tert-OH is 2. The first-order valence-electron chi connectivity index (χ1n) is 5.99. The molecule has 0 heterocycles. The summed E-state index contributed by atoms with van der Waals surface area (Å²) in [4.78, 5) is 12.3. The van der Waals surface area contributed by atoms with Gasteiger partial charge in [0.1, 0.15) is 0 Å². The molecule has 1 amide bonds. The van der Waals surface area contributed by atoms with Crippen LogP contribution in [0.25, 0.3) is 0 Å². The first-order chi connectivity index (χ1) is 8.89. The SMILES string of the molecule is CCC(CO)(CO)NC(=O)c1cc(Br)cc(N)c1C. The number of carbonyl (C=O) groups is 1. The van der Waals surface area contributed by atoms with E-state index < -0.39 is 5.54 Å². The highest BCUT2D eigenvalue weighted by Gasteiger charge is 2.29. The number of anilines is 1. The lowest BCUT2D eigenvalue weighted by Gasteiger charge is -2.30. The largest absolute Gasteiger partial charge is 0.398 e. The summed E-state index contributed by atoms with van der Waals surface area (Å²) in [6.07, 6.45) is 0.425. The number of nitrogens with one attached hydrogen (secondary N) is 1. The first kappa shape index (κ1) is 15.9. The van der Waals surface area contributed by atoms with Crippen molar-refractivity contribution in [2.75, 3.05) is 18.9 Å². The van der Waals surface area contributed by atoms with Crippen LogP contribution < -0.4 is 11.1 Å². The summed E-state index contributed by atoms with van der Waals surface area (Å²) in [5, 5.41) is 21.4. The molecule has 0 aliphatic rings. The molecule has 0 unspecified atom stereocenters. The van der Waals surface area contributed by atoms with Crippen LogP contribution in [0.5, 0.6) is 0 Å². The number of halogens is 1. The Morgan fingerprint density at radius 2 is 2.00 bits per heavy atom. The fourth-order valence-corrected chi connectivity index (χ4v) is 2.16. The molecule has 5 N–H and O–H groups in total. The molecule has 1 aromatic rings. The summed E-state index contributed by atoms with van der Waals surface area (Å²) in [5.41, 5.74) is 6.40. The number of benzene rings is 1. The van der Waals surface area contributed by atoms with Gasteiger partial charge in [0.25, 0.3) is 5.91 Å². The minimum atomic E-state index is -1.01. The van der Waals surface area contributed by atoms with E-state index in [4.69, 9.17) is 5.73 Å². The van der Waals surface area contributed by atoms with E-state index in [0.717, 1.165) is 0 Å². The Morgan fingerprint density at radius 1 is 1.42 bits per heavy atom. The van der Waals surface area contributed by atoms with Gasteiger partial charge in [0.15, 0.2) is 0 Å². The van der Waals surface area contributed by atoms with Gasteiger partial charge in [-0.25, -0.2) is 0 Å². The zero-order chi connectivity index (χ0) is 14.6. The minimum absolute atomic E-state index is 0.325. The number of hydrogen-bond acceptors (Lipinski definition) is 4. The van der Waals surface area contributed by atoms with Crippen LogP contribution in [0.1, 0.15) is 29.3 Å². The van der Waals surface area contributed by atoms with Gasteiger partial charge in [0, 0.05) is 15.7 Å². The minimum Gasteiger partial charge on any atom is -0.398 e. The van der Waals surface area contributed by atoms with Crippen molar-refractivity contribution in [3.63, 3.8) is 0 Å². The van der Waals surface area contributed by atoms with Crippen LogP contribution in [0.2, 0.25) is 0 Å². The molecule has 0 atom stereocenters. The standard InChI is InChI=1S/C13H19BrN2O3/c1-3-13(6-17,7-18)16-12(19)10-4-9(14)5-11(15)8(10)2/h4-5,17-18H,3,6-7,15H2,1-2H3,(H,16,19). The van der Waals surface area contributed by atoms with Crippen molar-refractivity contribution in [2.24, 2.45) is 0 Å². The molecule has 1 aromatic carbocycles. The van der Waals surface area contributed by atoms with E-state index in [9.17, 15) is 15.0 Å². The zero-order valence-electron chi connectivity index (χ0n) is 11.0. The molecule has 6 heteroatoms. The predicted octanol–water partition coefficient (Wildman–Crippen LogP) is 1.20. The van der Waals surface area contributed by atoms with Crippen molar-refractivity contribution in [1.29, 1.82) is 0 Å². The van der Waals surface area contributed by atoms with Crippen LogP contribution in [-0.4, -0.2) is 34.9 Å². The Bertz CT molecular complexity index is 465. The van der Waals surface area contributed by atoms with Crippen LogP contribution in [0.4, 0.5) is 5.69 Å². The number of rotatable bonds is 5. The third-order valence-corrected chi connectivity index (χ3v) is 3.78. The van der Waals surface area contributed by atoms with E-state index in [0.29, 0.717) is 27.7 Å². The van der Waals surface area contributed by atoms with Crippen LogP contribution in [0, 0.1) is 6.92 Å². The molecule has 1 rings (SSSR count). The lowest BCUT2D eigenvalue weighted by atomic mass is 9.97. The number of nitrogens with two attached hydrogens (primary N) is 1. The van der Waals surface area contributed by atoms with Gasteiger partial charge in [-0.15, -0.1) is 0 Å². The average molecular weight is 331 g/mol. The van der Waals surface area contributed by atoms with Crippen LogP contribution in [0.15, 0.2) is 16.6 Å². The van der Waals surface area contributed by atoms with Crippen molar-refractivity contribution in [2.45, 2.75) is 25.8 Å². The van der Waals surface area contributed by atoms with Gasteiger partial charge < -0.3 is 21.3 Å². The van der Waals surface area contributed by atoms with Crippen molar-refractivity contribution >= 4 is 27.5 Å². The number of aliphatic hydroxyl groups is 2. The number of amides is 1. The highest BCUT2D eigenvalue weighted by atomic mass is 79.9. The van der Waals surface area contributed by atoms with E-state index in [-0.39, 0.29) is 19.1 Å². The summed E-state index contributed by atoms with van der Waals surface area (Å²) < 4.78 is 0.704. The van der Waals surface area contributed by atoms with Gasteiger partial charge in [-0.1, -0.05) is 22.9 Å². The summed E-state index contributed by atoms with van der Waals surface area (Å²) in [6.45, 7) is 2.89. The number of hydrogen-bond donors (Lipinski definition) is 4. The Labute approximate surface area is 120 Å². The normalized spacial score (nSPS) is 11.4. The first-order valence-corrected chi connectivity index (χ1v) is 6.78. The fraction of sp³-hybridized carbons (Fsp3) is 0.462. The molecule has 0 aromatic heterocycles. The van der Waals surface area contributed by atoms with Crippen LogP contribution >= 0.6 is 15.9 Å². The Balaban J connectivity index is 3.08. The molecule has 0 saturated heterocycles. The maximum Gasteiger partial charge on any atom is 0.252 e. The van der Waals surface area contributed by atoms with Crippen molar-refractivity contribution in [3.8, 4) is 0 Å². The Kier molecular flexibility index (Phi) is 5.34. The smallest absolute Gasteiger partial charge is 0.252 e. The topological polar surface area (TPSA) is 95.6 Å². The monoisotopic (exact) mass is 330 g/mol. The van der Waals surface area contributed by atoms with Gasteiger partial charge in [-0.3, -0.25) is 4.79 Å². The van der Waals surface area contributed by atoms with Crippen molar-refractivity contribution in [1.82, 2.24) is 5.32 Å². The second-order valence-corrected chi connectivity index (χ2v) is 5.49.